The van der Waals surface area contributed by atoms with E-state index in [9.17, 15) is 5.11 Å². The Balaban J connectivity index is 0.00000121. The molecular weight excluding hydrogens is 174 g/mol. The Morgan fingerprint density at radius 3 is 2.67 bits per heavy atom. The van der Waals surface area contributed by atoms with Crippen molar-refractivity contribution in [2.24, 2.45) is 11.8 Å². The van der Waals surface area contributed by atoms with E-state index in [-0.39, 0.29) is 18.5 Å². The molecule has 0 aliphatic carbocycles. The van der Waals surface area contributed by atoms with Gasteiger partial charge in [-0.3, -0.25) is 0 Å². The summed E-state index contributed by atoms with van der Waals surface area (Å²) in [5.74, 6) is 1.19. The molecule has 0 amide bonds. The molecule has 2 nitrogen and oxygen atoms in total. The summed E-state index contributed by atoms with van der Waals surface area (Å²) in [7, 11) is 0. The van der Waals surface area contributed by atoms with Crippen molar-refractivity contribution in [2.75, 3.05) is 13.1 Å². The van der Waals surface area contributed by atoms with E-state index in [4.69, 9.17) is 0 Å². The minimum atomic E-state index is -0.0568. The quantitative estimate of drug-likeness (QED) is 0.696. The summed E-state index contributed by atoms with van der Waals surface area (Å²) in [6.07, 6.45) is 2.02. The zero-order valence-corrected chi connectivity index (χ0v) is 8.73. The summed E-state index contributed by atoms with van der Waals surface area (Å²) in [6.45, 7) is 6.40. The van der Waals surface area contributed by atoms with Crippen LogP contribution in [-0.4, -0.2) is 24.3 Å². The summed E-state index contributed by atoms with van der Waals surface area (Å²) < 4.78 is 0. The van der Waals surface area contributed by atoms with Gasteiger partial charge in [-0.05, 0) is 31.2 Å². The number of halogens is 1. The lowest BCUT2D eigenvalue weighted by molar-refractivity contribution is 0.0679. The van der Waals surface area contributed by atoms with Gasteiger partial charge in [0.2, 0.25) is 0 Å². The first-order valence-corrected chi connectivity index (χ1v) is 4.59. The van der Waals surface area contributed by atoms with Crippen LogP contribution in [0.25, 0.3) is 0 Å². The van der Waals surface area contributed by atoms with Crippen LogP contribution < -0.4 is 5.32 Å². The van der Waals surface area contributed by atoms with Crippen molar-refractivity contribution in [1.82, 2.24) is 5.32 Å². The molecule has 2 unspecified atom stereocenters. The van der Waals surface area contributed by atoms with E-state index in [1.165, 1.54) is 0 Å². The van der Waals surface area contributed by atoms with E-state index in [1.807, 2.05) is 0 Å². The van der Waals surface area contributed by atoms with E-state index in [1.54, 1.807) is 0 Å². The summed E-state index contributed by atoms with van der Waals surface area (Å²) in [6, 6.07) is 0. The second kappa shape index (κ2) is 5.79. The van der Waals surface area contributed by atoms with Crippen molar-refractivity contribution >= 4 is 12.4 Å². The Hall–Kier alpha value is 0.210. The van der Waals surface area contributed by atoms with E-state index < -0.39 is 0 Å². The van der Waals surface area contributed by atoms with Crippen LogP contribution in [0.4, 0.5) is 0 Å². The van der Waals surface area contributed by atoms with Crippen LogP contribution in [0.2, 0.25) is 0 Å². The van der Waals surface area contributed by atoms with Gasteiger partial charge in [0.15, 0.2) is 0 Å². The zero-order chi connectivity index (χ0) is 8.27. The number of nitrogens with one attached hydrogen (secondary N) is 1. The maximum Gasteiger partial charge on any atom is 0.0592 e. The average Bonchev–Trinajstić information content (AvgIpc) is 1.93. The summed E-state index contributed by atoms with van der Waals surface area (Å²) in [4.78, 5) is 0. The van der Waals surface area contributed by atoms with Crippen LogP contribution in [-0.2, 0) is 0 Å². The SMILES string of the molecule is CC(C)CC1CNCCC1O.Cl. The Kier molecular flexibility index (Phi) is 5.89. The molecule has 2 N–H and O–H groups in total. The molecule has 1 aliphatic heterocycles. The fraction of sp³-hybridized carbons (Fsp3) is 1.00. The molecule has 0 radical (unpaired) electrons. The van der Waals surface area contributed by atoms with Crippen LogP contribution in [0.3, 0.4) is 0 Å². The Bertz CT molecular complexity index is 119. The first-order valence-electron chi connectivity index (χ1n) is 4.59. The molecule has 0 spiro atoms. The fourth-order valence-corrected chi connectivity index (χ4v) is 1.76. The van der Waals surface area contributed by atoms with Gasteiger partial charge in [0.1, 0.15) is 0 Å². The standard InChI is InChI=1S/C9H19NO.ClH/c1-7(2)5-8-6-10-4-3-9(8)11;/h7-11H,3-6H2,1-2H3;1H. The molecule has 0 bridgehead atoms. The number of rotatable bonds is 2. The zero-order valence-electron chi connectivity index (χ0n) is 7.92. The van der Waals surface area contributed by atoms with Crippen LogP contribution in [0.15, 0.2) is 0 Å². The van der Waals surface area contributed by atoms with Crippen LogP contribution in [0.1, 0.15) is 26.7 Å². The highest BCUT2D eigenvalue weighted by atomic mass is 35.5. The van der Waals surface area contributed by atoms with Crippen LogP contribution in [0.5, 0.6) is 0 Å². The second-order valence-corrected chi connectivity index (χ2v) is 3.95. The first-order chi connectivity index (χ1) is 5.20. The lowest BCUT2D eigenvalue weighted by Gasteiger charge is -2.29. The number of aliphatic hydroxyl groups excluding tert-OH is 1. The molecular formula is C9H20ClNO. The third kappa shape index (κ3) is 3.74. The Labute approximate surface area is 81.2 Å². The average molecular weight is 194 g/mol. The topological polar surface area (TPSA) is 32.3 Å². The smallest absolute Gasteiger partial charge is 0.0592 e. The van der Waals surface area contributed by atoms with Crippen LogP contribution in [0, 0.1) is 11.8 Å². The largest absolute Gasteiger partial charge is 0.393 e. The Morgan fingerprint density at radius 1 is 1.50 bits per heavy atom. The fourth-order valence-electron chi connectivity index (χ4n) is 1.76. The highest BCUT2D eigenvalue weighted by molar-refractivity contribution is 5.85. The molecule has 12 heavy (non-hydrogen) atoms. The van der Waals surface area contributed by atoms with Crippen molar-refractivity contribution in [2.45, 2.75) is 32.8 Å². The molecule has 0 saturated carbocycles. The molecule has 74 valence electrons. The van der Waals surface area contributed by atoms with Crippen molar-refractivity contribution in [3.63, 3.8) is 0 Å². The molecule has 1 aliphatic rings. The van der Waals surface area contributed by atoms with Crippen molar-refractivity contribution in [1.29, 1.82) is 0 Å². The predicted octanol–water partition coefficient (Wildman–Crippen LogP) is 1.42. The van der Waals surface area contributed by atoms with Gasteiger partial charge >= 0.3 is 0 Å². The maximum atomic E-state index is 9.58. The molecule has 0 aromatic carbocycles. The van der Waals surface area contributed by atoms with Crippen molar-refractivity contribution in [3.8, 4) is 0 Å². The van der Waals surface area contributed by atoms with Gasteiger partial charge in [-0.15, -0.1) is 12.4 Å². The lowest BCUT2D eigenvalue weighted by Crippen LogP contribution is -2.40. The first kappa shape index (κ1) is 12.2. The second-order valence-electron chi connectivity index (χ2n) is 3.95. The molecule has 1 heterocycles. The molecule has 0 aromatic rings. The lowest BCUT2D eigenvalue weighted by atomic mass is 9.88. The predicted molar refractivity (Wildman–Crippen MR) is 53.7 cm³/mol. The van der Waals surface area contributed by atoms with Crippen LogP contribution >= 0.6 is 12.4 Å². The monoisotopic (exact) mass is 193 g/mol. The number of piperidine rings is 1. The van der Waals surface area contributed by atoms with Gasteiger partial charge < -0.3 is 10.4 Å². The van der Waals surface area contributed by atoms with E-state index >= 15 is 0 Å². The summed E-state index contributed by atoms with van der Waals surface area (Å²) in [5, 5.41) is 12.9. The number of hydrogen-bond acceptors (Lipinski definition) is 2. The maximum absolute atomic E-state index is 9.58. The highest BCUT2D eigenvalue weighted by Crippen LogP contribution is 2.19. The number of hydrogen-bond donors (Lipinski definition) is 2. The summed E-state index contributed by atoms with van der Waals surface area (Å²) in [5.41, 5.74) is 0. The normalized spacial score (nSPS) is 30.0. The molecule has 0 aromatic heterocycles. The minimum Gasteiger partial charge on any atom is -0.393 e. The third-order valence-corrected chi connectivity index (χ3v) is 2.34. The molecule has 1 rings (SSSR count). The van der Waals surface area contributed by atoms with E-state index in [2.05, 4.69) is 19.2 Å². The van der Waals surface area contributed by atoms with Crippen molar-refractivity contribution in [3.05, 3.63) is 0 Å². The van der Waals surface area contributed by atoms with Gasteiger partial charge in [-0.2, -0.15) is 0 Å². The minimum absolute atomic E-state index is 0. The molecule has 1 saturated heterocycles. The van der Waals surface area contributed by atoms with Gasteiger partial charge in [-0.1, -0.05) is 13.8 Å². The third-order valence-electron chi connectivity index (χ3n) is 2.34. The molecule has 1 fully saturated rings. The van der Waals surface area contributed by atoms with Gasteiger partial charge in [0.05, 0.1) is 6.10 Å². The molecule has 2 atom stereocenters. The van der Waals surface area contributed by atoms with E-state index in [0.717, 1.165) is 25.9 Å². The van der Waals surface area contributed by atoms with Gasteiger partial charge in [0, 0.05) is 6.54 Å². The number of aliphatic hydroxyl groups is 1. The van der Waals surface area contributed by atoms with Gasteiger partial charge in [-0.25, -0.2) is 0 Å². The Morgan fingerprint density at radius 2 is 2.17 bits per heavy atom. The van der Waals surface area contributed by atoms with Gasteiger partial charge in [0.25, 0.3) is 0 Å². The summed E-state index contributed by atoms with van der Waals surface area (Å²) >= 11 is 0. The van der Waals surface area contributed by atoms with E-state index in [0.29, 0.717) is 11.8 Å². The molecule has 3 heteroatoms. The highest BCUT2D eigenvalue weighted by Gasteiger charge is 2.22. The van der Waals surface area contributed by atoms with Crippen molar-refractivity contribution < 1.29 is 5.11 Å².